The Balaban J connectivity index is 1.70. The van der Waals surface area contributed by atoms with Crippen molar-refractivity contribution < 1.29 is 23.0 Å². The zero-order valence-corrected chi connectivity index (χ0v) is 13.3. The summed E-state index contributed by atoms with van der Waals surface area (Å²) >= 11 is 0. The van der Waals surface area contributed by atoms with E-state index in [9.17, 15) is 13.5 Å². The molecule has 0 bridgehead atoms. The molecule has 3 aliphatic heterocycles. The van der Waals surface area contributed by atoms with Gasteiger partial charge in [-0.25, -0.2) is 8.42 Å². The molecule has 3 atom stereocenters. The molecule has 0 aromatic carbocycles. The van der Waals surface area contributed by atoms with Gasteiger partial charge < -0.3 is 14.6 Å². The largest absolute Gasteiger partial charge is 0.391 e. The van der Waals surface area contributed by atoms with Gasteiger partial charge in [0.1, 0.15) is 0 Å². The van der Waals surface area contributed by atoms with E-state index in [4.69, 9.17) is 9.47 Å². The van der Waals surface area contributed by atoms with Gasteiger partial charge in [0.2, 0.25) is 0 Å². The van der Waals surface area contributed by atoms with E-state index in [0.717, 1.165) is 38.5 Å². The summed E-state index contributed by atoms with van der Waals surface area (Å²) in [6.07, 6.45) is 4.75. The van der Waals surface area contributed by atoms with Crippen LogP contribution in [0.3, 0.4) is 0 Å². The fourth-order valence-electron chi connectivity index (χ4n) is 4.12. The van der Waals surface area contributed by atoms with Crippen molar-refractivity contribution in [1.82, 2.24) is 0 Å². The maximum atomic E-state index is 12.2. The standard InChI is InChI=1S/C15H26O5S/c16-14(13-3-1-2-10-21(13,17)18)12-4-7-20-15(11-12)5-8-19-9-6-15/h12-14,16H,1-11H2. The van der Waals surface area contributed by atoms with E-state index in [1.54, 1.807) is 0 Å². The van der Waals surface area contributed by atoms with Crippen molar-refractivity contribution in [2.45, 2.75) is 61.9 Å². The minimum absolute atomic E-state index is 0.0368. The molecule has 1 N–H and O–H groups in total. The van der Waals surface area contributed by atoms with Gasteiger partial charge in [0.15, 0.2) is 9.84 Å². The predicted octanol–water partition coefficient (Wildman–Crippen LogP) is 1.29. The average molecular weight is 318 g/mol. The van der Waals surface area contributed by atoms with Crippen molar-refractivity contribution in [1.29, 1.82) is 0 Å². The van der Waals surface area contributed by atoms with E-state index < -0.39 is 21.2 Å². The number of hydrogen-bond acceptors (Lipinski definition) is 5. The summed E-state index contributed by atoms with van der Waals surface area (Å²) in [6, 6.07) is 0. The molecule has 3 aliphatic rings. The van der Waals surface area contributed by atoms with Crippen LogP contribution in [-0.4, -0.2) is 56.1 Å². The van der Waals surface area contributed by atoms with Crippen LogP contribution in [0.1, 0.15) is 44.9 Å². The highest BCUT2D eigenvalue weighted by atomic mass is 32.2. The molecule has 3 rings (SSSR count). The molecule has 0 aromatic rings. The van der Waals surface area contributed by atoms with Crippen LogP contribution in [0.25, 0.3) is 0 Å². The average Bonchev–Trinajstić information content (AvgIpc) is 2.47. The number of aliphatic hydroxyl groups is 1. The van der Waals surface area contributed by atoms with Gasteiger partial charge in [0, 0.05) is 19.8 Å². The molecular formula is C15H26O5S. The second-order valence-electron chi connectivity index (χ2n) is 6.79. The van der Waals surface area contributed by atoms with Crippen LogP contribution in [0.5, 0.6) is 0 Å². The van der Waals surface area contributed by atoms with Crippen molar-refractivity contribution in [3.05, 3.63) is 0 Å². The van der Waals surface area contributed by atoms with Crippen molar-refractivity contribution in [2.24, 2.45) is 5.92 Å². The molecular weight excluding hydrogens is 292 g/mol. The third kappa shape index (κ3) is 3.28. The third-order valence-electron chi connectivity index (χ3n) is 5.43. The molecule has 122 valence electrons. The summed E-state index contributed by atoms with van der Waals surface area (Å²) < 4.78 is 35.8. The molecule has 0 radical (unpaired) electrons. The van der Waals surface area contributed by atoms with Crippen LogP contribution in [0.15, 0.2) is 0 Å². The summed E-state index contributed by atoms with van der Waals surface area (Å²) in [7, 11) is -3.13. The molecule has 0 aliphatic carbocycles. The first-order chi connectivity index (χ1) is 10.0. The van der Waals surface area contributed by atoms with Crippen LogP contribution in [0, 0.1) is 5.92 Å². The van der Waals surface area contributed by atoms with Gasteiger partial charge in [0.05, 0.1) is 22.7 Å². The van der Waals surface area contributed by atoms with E-state index in [1.807, 2.05) is 0 Å². The van der Waals surface area contributed by atoms with Crippen LogP contribution < -0.4 is 0 Å². The number of sulfone groups is 1. The lowest BCUT2D eigenvalue weighted by Gasteiger charge is -2.45. The number of ether oxygens (including phenoxy) is 2. The minimum Gasteiger partial charge on any atom is -0.391 e. The molecule has 3 heterocycles. The third-order valence-corrected chi connectivity index (χ3v) is 7.72. The molecule has 3 unspecified atom stereocenters. The highest BCUT2D eigenvalue weighted by molar-refractivity contribution is 7.92. The van der Waals surface area contributed by atoms with Crippen LogP contribution in [0.4, 0.5) is 0 Å². The Morgan fingerprint density at radius 3 is 2.57 bits per heavy atom. The van der Waals surface area contributed by atoms with E-state index in [0.29, 0.717) is 26.2 Å². The number of hydrogen-bond donors (Lipinski definition) is 1. The Labute approximate surface area is 126 Å². The molecule has 1 spiro atoms. The zero-order valence-electron chi connectivity index (χ0n) is 12.5. The van der Waals surface area contributed by atoms with Crippen molar-refractivity contribution in [3.63, 3.8) is 0 Å². The van der Waals surface area contributed by atoms with Gasteiger partial charge >= 0.3 is 0 Å². The summed E-state index contributed by atoms with van der Waals surface area (Å²) in [4.78, 5) is 0. The SMILES string of the molecule is O=S1(=O)CCCCC1C(O)C1CCOC2(CCOCC2)C1. The Hall–Kier alpha value is -0.170. The molecule has 0 amide bonds. The Morgan fingerprint density at radius 2 is 1.86 bits per heavy atom. The highest BCUT2D eigenvalue weighted by Crippen LogP contribution is 2.40. The first kappa shape index (κ1) is 15.7. The molecule has 0 aromatic heterocycles. The first-order valence-corrected chi connectivity index (χ1v) is 9.85. The molecule has 5 nitrogen and oxygen atoms in total. The molecule has 3 saturated heterocycles. The lowest BCUT2D eigenvalue weighted by molar-refractivity contribution is -0.158. The predicted molar refractivity (Wildman–Crippen MR) is 78.9 cm³/mol. The normalized spacial score (nSPS) is 37.2. The Kier molecular flexibility index (Phi) is 4.60. The number of aliphatic hydroxyl groups excluding tert-OH is 1. The lowest BCUT2D eigenvalue weighted by atomic mass is 9.77. The summed E-state index contributed by atoms with van der Waals surface area (Å²) in [5.41, 5.74) is -0.194. The second kappa shape index (κ2) is 6.14. The van der Waals surface area contributed by atoms with Crippen LogP contribution in [-0.2, 0) is 19.3 Å². The summed E-state index contributed by atoms with van der Waals surface area (Å²) in [5.74, 6) is 0.270. The molecule has 3 fully saturated rings. The van der Waals surface area contributed by atoms with E-state index in [-0.39, 0.29) is 17.3 Å². The van der Waals surface area contributed by atoms with Gasteiger partial charge in [-0.2, -0.15) is 0 Å². The molecule has 21 heavy (non-hydrogen) atoms. The second-order valence-corrected chi connectivity index (χ2v) is 9.13. The zero-order chi connectivity index (χ0) is 14.9. The lowest BCUT2D eigenvalue weighted by Crippen LogP contribution is -2.50. The quantitative estimate of drug-likeness (QED) is 0.830. The van der Waals surface area contributed by atoms with E-state index in [1.165, 1.54) is 0 Å². The van der Waals surface area contributed by atoms with E-state index in [2.05, 4.69) is 0 Å². The van der Waals surface area contributed by atoms with Gasteiger partial charge in [0.25, 0.3) is 0 Å². The van der Waals surface area contributed by atoms with Gasteiger partial charge in [-0.1, -0.05) is 6.42 Å². The van der Waals surface area contributed by atoms with Crippen molar-refractivity contribution >= 4 is 9.84 Å². The maximum absolute atomic E-state index is 12.2. The molecule has 6 heteroatoms. The van der Waals surface area contributed by atoms with Crippen molar-refractivity contribution in [3.8, 4) is 0 Å². The molecule has 0 saturated carbocycles. The fourth-order valence-corrected chi connectivity index (χ4v) is 6.20. The van der Waals surface area contributed by atoms with Crippen LogP contribution >= 0.6 is 0 Å². The van der Waals surface area contributed by atoms with Gasteiger partial charge in [-0.15, -0.1) is 0 Å². The first-order valence-electron chi connectivity index (χ1n) is 8.14. The smallest absolute Gasteiger partial charge is 0.155 e. The highest BCUT2D eigenvalue weighted by Gasteiger charge is 2.45. The topological polar surface area (TPSA) is 72.8 Å². The van der Waals surface area contributed by atoms with Crippen molar-refractivity contribution in [2.75, 3.05) is 25.6 Å². The fraction of sp³-hybridized carbons (Fsp3) is 1.00. The monoisotopic (exact) mass is 318 g/mol. The summed E-state index contributed by atoms with van der Waals surface area (Å²) in [5, 5.41) is 10.1. The number of rotatable bonds is 2. The minimum atomic E-state index is -3.13. The van der Waals surface area contributed by atoms with Crippen LogP contribution in [0.2, 0.25) is 0 Å². The Morgan fingerprint density at radius 1 is 1.10 bits per heavy atom. The van der Waals surface area contributed by atoms with E-state index >= 15 is 0 Å². The summed E-state index contributed by atoms with van der Waals surface area (Å²) in [6.45, 7) is 2.02. The Bertz CT molecular complexity index is 449. The maximum Gasteiger partial charge on any atom is 0.155 e. The van der Waals surface area contributed by atoms with Gasteiger partial charge in [-0.05, 0) is 44.4 Å². The van der Waals surface area contributed by atoms with Gasteiger partial charge in [-0.3, -0.25) is 0 Å².